The van der Waals surface area contributed by atoms with Gasteiger partial charge in [0.15, 0.2) is 0 Å². The highest BCUT2D eigenvalue weighted by atomic mass is 16.2. The molecule has 1 heterocycles. The molecule has 1 aliphatic heterocycles. The molecule has 2 atom stereocenters. The van der Waals surface area contributed by atoms with Crippen molar-refractivity contribution >= 4 is 11.8 Å². The van der Waals surface area contributed by atoms with Gasteiger partial charge in [-0.1, -0.05) is 30.3 Å². The molecule has 1 aromatic rings. The number of hydrogen-bond acceptors (Lipinski definition) is 3. The molecule has 0 bridgehead atoms. The number of rotatable bonds is 4. The Bertz CT molecular complexity index is 447. The van der Waals surface area contributed by atoms with E-state index in [9.17, 15) is 9.59 Å². The summed E-state index contributed by atoms with van der Waals surface area (Å²) in [4.78, 5) is 23.5. The van der Waals surface area contributed by atoms with Crippen LogP contribution in [0.25, 0.3) is 0 Å². The third-order valence-electron chi connectivity index (χ3n) is 3.24. The molecule has 1 saturated heterocycles. The zero-order valence-electron chi connectivity index (χ0n) is 10.8. The standard InChI is InChI=1S/C14H19N3O2/c15-11(9-10-5-2-1-3-6-10)13(18)17-12-7-4-8-16-14(12)19/h1-3,5-6,11-12H,4,7-9,15H2,(H,16,19)(H,17,18)/t11-,12?/m1/s1. The molecule has 1 aliphatic rings. The van der Waals surface area contributed by atoms with E-state index >= 15 is 0 Å². The van der Waals surface area contributed by atoms with Gasteiger partial charge < -0.3 is 16.4 Å². The van der Waals surface area contributed by atoms with E-state index in [1.165, 1.54) is 0 Å². The zero-order chi connectivity index (χ0) is 13.7. The van der Waals surface area contributed by atoms with Crippen molar-refractivity contribution in [2.45, 2.75) is 31.3 Å². The number of carbonyl (C=O) groups excluding carboxylic acids is 2. The highest BCUT2D eigenvalue weighted by Crippen LogP contribution is 2.05. The van der Waals surface area contributed by atoms with E-state index in [0.29, 0.717) is 19.4 Å². The van der Waals surface area contributed by atoms with Crippen molar-refractivity contribution in [3.05, 3.63) is 35.9 Å². The summed E-state index contributed by atoms with van der Waals surface area (Å²) in [7, 11) is 0. The highest BCUT2D eigenvalue weighted by Gasteiger charge is 2.25. The Labute approximate surface area is 112 Å². The average molecular weight is 261 g/mol. The van der Waals surface area contributed by atoms with Crippen LogP contribution in [0.4, 0.5) is 0 Å². The minimum absolute atomic E-state index is 0.119. The summed E-state index contributed by atoms with van der Waals surface area (Å²) in [6.07, 6.45) is 2.03. The third-order valence-corrected chi connectivity index (χ3v) is 3.24. The number of nitrogens with one attached hydrogen (secondary N) is 2. The fraction of sp³-hybridized carbons (Fsp3) is 0.429. The van der Waals surface area contributed by atoms with Gasteiger partial charge in [-0.05, 0) is 24.8 Å². The predicted molar refractivity (Wildman–Crippen MR) is 72.3 cm³/mol. The maximum absolute atomic E-state index is 11.9. The van der Waals surface area contributed by atoms with Crippen molar-refractivity contribution in [1.29, 1.82) is 0 Å². The molecular formula is C14H19N3O2. The molecule has 0 aliphatic carbocycles. The van der Waals surface area contributed by atoms with Crippen molar-refractivity contribution in [1.82, 2.24) is 10.6 Å². The van der Waals surface area contributed by atoms with Gasteiger partial charge in [0, 0.05) is 6.54 Å². The quantitative estimate of drug-likeness (QED) is 0.710. The minimum Gasteiger partial charge on any atom is -0.354 e. The summed E-state index contributed by atoms with van der Waals surface area (Å²) in [6.45, 7) is 0.682. The van der Waals surface area contributed by atoms with Crippen LogP contribution in [0.2, 0.25) is 0 Å². The molecule has 1 aromatic carbocycles. The van der Waals surface area contributed by atoms with Crippen LogP contribution in [0.1, 0.15) is 18.4 Å². The zero-order valence-corrected chi connectivity index (χ0v) is 10.8. The van der Waals surface area contributed by atoms with Crippen molar-refractivity contribution in [3.8, 4) is 0 Å². The molecule has 1 fully saturated rings. The van der Waals surface area contributed by atoms with E-state index < -0.39 is 12.1 Å². The lowest BCUT2D eigenvalue weighted by molar-refractivity contribution is -0.130. The van der Waals surface area contributed by atoms with Crippen LogP contribution in [0.3, 0.4) is 0 Å². The summed E-state index contributed by atoms with van der Waals surface area (Å²) in [5.74, 6) is -0.391. The molecule has 102 valence electrons. The number of carbonyl (C=O) groups is 2. The van der Waals surface area contributed by atoms with Gasteiger partial charge in [0.2, 0.25) is 11.8 Å². The lowest BCUT2D eigenvalue weighted by atomic mass is 10.0. The second-order valence-corrected chi connectivity index (χ2v) is 4.79. The van der Waals surface area contributed by atoms with Crippen LogP contribution < -0.4 is 16.4 Å². The van der Waals surface area contributed by atoms with E-state index in [1.54, 1.807) is 0 Å². The third kappa shape index (κ3) is 3.79. The molecule has 5 heteroatoms. The van der Waals surface area contributed by atoms with Crippen molar-refractivity contribution in [2.75, 3.05) is 6.54 Å². The molecule has 1 unspecified atom stereocenters. The van der Waals surface area contributed by atoms with E-state index in [0.717, 1.165) is 12.0 Å². The smallest absolute Gasteiger partial charge is 0.242 e. The number of hydrogen-bond donors (Lipinski definition) is 3. The van der Waals surface area contributed by atoms with Crippen LogP contribution >= 0.6 is 0 Å². The Kier molecular flexibility index (Phi) is 4.52. The van der Waals surface area contributed by atoms with E-state index in [-0.39, 0.29) is 11.8 Å². The minimum atomic E-state index is -0.628. The molecule has 2 rings (SSSR count). The summed E-state index contributed by atoms with van der Waals surface area (Å²) >= 11 is 0. The summed E-state index contributed by atoms with van der Waals surface area (Å²) in [5, 5.41) is 5.44. The first-order valence-corrected chi connectivity index (χ1v) is 6.54. The van der Waals surface area contributed by atoms with Gasteiger partial charge in [0.05, 0.1) is 6.04 Å². The summed E-state index contributed by atoms with van der Waals surface area (Å²) in [6, 6.07) is 8.53. The Morgan fingerprint density at radius 1 is 1.42 bits per heavy atom. The largest absolute Gasteiger partial charge is 0.354 e. The Hall–Kier alpha value is -1.88. The van der Waals surface area contributed by atoms with Gasteiger partial charge in [-0.25, -0.2) is 0 Å². The van der Waals surface area contributed by atoms with Gasteiger partial charge in [0.25, 0.3) is 0 Å². The number of benzene rings is 1. The fourth-order valence-electron chi connectivity index (χ4n) is 2.15. The van der Waals surface area contributed by atoms with Crippen LogP contribution in [0, 0.1) is 0 Å². The molecule has 2 amide bonds. The first kappa shape index (κ1) is 13.5. The average Bonchev–Trinajstić information content (AvgIpc) is 2.42. The first-order chi connectivity index (χ1) is 9.16. The van der Waals surface area contributed by atoms with Gasteiger partial charge >= 0.3 is 0 Å². The molecule has 0 saturated carbocycles. The summed E-state index contributed by atoms with van der Waals surface area (Å²) < 4.78 is 0. The van der Waals surface area contributed by atoms with E-state index in [1.807, 2.05) is 30.3 Å². The lowest BCUT2D eigenvalue weighted by Crippen LogP contribution is -2.54. The van der Waals surface area contributed by atoms with Crippen LogP contribution in [-0.2, 0) is 16.0 Å². The Morgan fingerprint density at radius 2 is 2.16 bits per heavy atom. The molecule has 4 N–H and O–H groups in total. The molecular weight excluding hydrogens is 242 g/mol. The van der Waals surface area contributed by atoms with E-state index in [4.69, 9.17) is 5.73 Å². The lowest BCUT2D eigenvalue weighted by Gasteiger charge is -2.24. The number of nitrogens with two attached hydrogens (primary N) is 1. The van der Waals surface area contributed by atoms with Gasteiger partial charge in [-0.2, -0.15) is 0 Å². The monoisotopic (exact) mass is 261 g/mol. The predicted octanol–water partition coefficient (Wildman–Crippen LogP) is -0.0488. The number of amides is 2. The van der Waals surface area contributed by atoms with Gasteiger partial charge in [-0.15, -0.1) is 0 Å². The maximum atomic E-state index is 11.9. The number of piperidine rings is 1. The topological polar surface area (TPSA) is 84.2 Å². The Morgan fingerprint density at radius 3 is 2.84 bits per heavy atom. The molecule has 5 nitrogen and oxygen atoms in total. The van der Waals surface area contributed by atoms with Crippen molar-refractivity contribution < 1.29 is 9.59 Å². The highest BCUT2D eigenvalue weighted by molar-refractivity contribution is 5.90. The molecule has 19 heavy (non-hydrogen) atoms. The van der Waals surface area contributed by atoms with E-state index in [2.05, 4.69) is 10.6 Å². The molecule has 0 aromatic heterocycles. The van der Waals surface area contributed by atoms with Gasteiger partial charge in [-0.3, -0.25) is 9.59 Å². The Balaban J connectivity index is 1.87. The van der Waals surface area contributed by atoms with Crippen LogP contribution in [-0.4, -0.2) is 30.4 Å². The fourth-order valence-corrected chi connectivity index (χ4v) is 2.15. The normalized spacial score (nSPS) is 20.5. The molecule has 0 radical (unpaired) electrons. The van der Waals surface area contributed by atoms with Crippen LogP contribution in [0.15, 0.2) is 30.3 Å². The molecule has 0 spiro atoms. The van der Waals surface area contributed by atoms with Crippen molar-refractivity contribution in [2.24, 2.45) is 5.73 Å². The van der Waals surface area contributed by atoms with Gasteiger partial charge in [0.1, 0.15) is 6.04 Å². The summed E-state index contributed by atoms with van der Waals surface area (Å²) in [5.41, 5.74) is 6.88. The second-order valence-electron chi connectivity index (χ2n) is 4.79. The van der Waals surface area contributed by atoms with Crippen LogP contribution in [0.5, 0.6) is 0 Å². The second kappa shape index (κ2) is 6.33. The SMILES string of the molecule is N[C@H](Cc1ccccc1)C(=O)NC1CCCNC1=O. The first-order valence-electron chi connectivity index (χ1n) is 6.54. The maximum Gasteiger partial charge on any atom is 0.242 e. The van der Waals surface area contributed by atoms with Crippen molar-refractivity contribution in [3.63, 3.8) is 0 Å².